The van der Waals surface area contributed by atoms with E-state index in [0.29, 0.717) is 12.2 Å². The van der Waals surface area contributed by atoms with Crippen molar-refractivity contribution in [2.75, 3.05) is 11.8 Å². The number of hydrogen-bond acceptors (Lipinski definition) is 4. The van der Waals surface area contributed by atoms with Gasteiger partial charge in [0.15, 0.2) is 0 Å². The third-order valence-corrected chi connectivity index (χ3v) is 4.14. The molecule has 21 heavy (non-hydrogen) atoms. The molecule has 0 radical (unpaired) electrons. The summed E-state index contributed by atoms with van der Waals surface area (Å²) in [5.74, 6) is -0.0570. The van der Waals surface area contributed by atoms with E-state index in [0.717, 1.165) is 16.7 Å². The Bertz CT molecular complexity index is 714. The number of aromatic nitrogens is 1. The number of nitrogens with one attached hydrogen (secondary N) is 2. The molecule has 0 bridgehead atoms. The van der Waals surface area contributed by atoms with Gasteiger partial charge in [0.05, 0.1) is 17.6 Å². The molecule has 0 amide bonds. The topological polar surface area (TPSA) is 71.1 Å². The first-order valence-electron chi connectivity index (χ1n) is 6.63. The van der Waals surface area contributed by atoms with E-state index in [1.54, 1.807) is 12.3 Å². The lowest BCUT2D eigenvalue weighted by atomic mass is 10.1. The standard InChI is InChI=1S/C15H19N3O2S/c1-12-6-15(10-17-8-12)18-21(19,20)11-14-5-3-4-13(7-14)9-16-2/h3-8,10,16,18H,9,11H2,1-2H3. The minimum absolute atomic E-state index is 0.0570. The number of rotatable bonds is 6. The molecule has 1 aromatic carbocycles. The van der Waals surface area contributed by atoms with Gasteiger partial charge in [0.25, 0.3) is 0 Å². The Labute approximate surface area is 125 Å². The average Bonchev–Trinajstić information content (AvgIpc) is 2.38. The molecule has 0 spiro atoms. The Kier molecular flexibility index (Phi) is 4.93. The molecule has 2 N–H and O–H groups in total. The maximum absolute atomic E-state index is 12.2. The van der Waals surface area contributed by atoms with Crippen molar-refractivity contribution in [3.63, 3.8) is 0 Å². The second-order valence-corrected chi connectivity index (χ2v) is 6.68. The Balaban J connectivity index is 2.12. The number of hydrogen-bond donors (Lipinski definition) is 2. The molecule has 0 saturated heterocycles. The minimum Gasteiger partial charge on any atom is -0.316 e. The van der Waals surface area contributed by atoms with Gasteiger partial charge in [-0.3, -0.25) is 9.71 Å². The summed E-state index contributed by atoms with van der Waals surface area (Å²) in [4.78, 5) is 3.98. The van der Waals surface area contributed by atoms with E-state index in [4.69, 9.17) is 0 Å². The van der Waals surface area contributed by atoms with Gasteiger partial charge < -0.3 is 5.32 Å². The Morgan fingerprint density at radius 3 is 2.62 bits per heavy atom. The van der Waals surface area contributed by atoms with Crippen molar-refractivity contribution >= 4 is 15.7 Å². The number of pyridine rings is 1. The fraction of sp³-hybridized carbons (Fsp3) is 0.267. The quantitative estimate of drug-likeness (QED) is 0.857. The van der Waals surface area contributed by atoms with Crippen LogP contribution in [0, 0.1) is 6.92 Å². The lowest BCUT2D eigenvalue weighted by molar-refractivity contribution is 0.600. The highest BCUT2D eigenvalue weighted by molar-refractivity contribution is 7.91. The molecule has 0 unspecified atom stereocenters. The number of nitrogens with zero attached hydrogens (tertiary/aromatic N) is 1. The van der Waals surface area contributed by atoms with Crippen LogP contribution in [0.15, 0.2) is 42.7 Å². The van der Waals surface area contributed by atoms with E-state index in [1.807, 2.05) is 38.2 Å². The normalized spacial score (nSPS) is 11.3. The minimum atomic E-state index is -3.45. The molecule has 6 heteroatoms. The van der Waals surface area contributed by atoms with Gasteiger partial charge in [0.2, 0.25) is 10.0 Å². The summed E-state index contributed by atoms with van der Waals surface area (Å²) in [6.07, 6.45) is 3.18. The van der Waals surface area contributed by atoms with Gasteiger partial charge in [0, 0.05) is 12.7 Å². The molecule has 5 nitrogen and oxygen atoms in total. The number of aryl methyl sites for hydroxylation is 1. The van der Waals surface area contributed by atoms with E-state index in [2.05, 4.69) is 15.0 Å². The Hall–Kier alpha value is -1.92. The molecule has 1 aromatic heterocycles. The van der Waals surface area contributed by atoms with Crippen LogP contribution >= 0.6 is 0 Å². The van der Waals surface area contributed by atoms with Crippen molar-refractivity contribution in [3.8, 4) is 0 Å². The lowest BCUT2D eigenvalue weighted by Crippen LogP contribution is -2.15. The first-order chi connectivity index (χ1) is 9.98. The smallest absolute Gasteiger partial charge is 0.236 e. The molecule has 0 fully saturated rings. The molecule has 112 valence electrons. The van der Waals surface area contributed by atoms with Gasteiger partial charge in [-0.2, -0.15) is 0 Å². The Morgan fingerprint density at radius 2 is 1.90 bits per heavy atom. The highest BCUT2D eigenvalue weighted by Gasteiger charge is 2.12. The van der Waals surface area contributed by atoms with Crippen LogP contribution < -0.4 is 10.0 Å². The maximum Gasteiger partial charge on any atom is 0.236 e. The van der Waals surface area contributed by atoms with E-state index < -0.39 is 10.0 Å². The molecule has 0 aliphatic carbocycles. The van der Waals surface area contributed by atoms with E-state index in [1.165, 1.54) is 6.20 Å². The summed E-state index contributed by atoms with van der Waals surface area (Å²) >= 11 is 0. The van der Waals surface area contributed by atoms with E-state index in [9.17, 15) is 8.42 Å². The fourth-order valence-electron chi connectivity index (χ4n) is 2.08. The van der Waals surface area contributed by atoms with E-state index >= 15 is 0 Å². The van der Waals surface area contributed by atoms with Crippen LogP contribution in [-0.2, 0) is 22.3 Å². The van der Waals surface area contributed by atoms with Crippen LogP contribution in [-0.4, -0.2) is 20.4 Å². The molecule has 0 saturated carbocycles. The summed E-state index contributed by atoms with van der Waals surface area (Å²) in [6, 6.07) is 9.29. The van der Waals surface area contributed by atoms with Crippen LogP contribution in [0.5, 0.6) is 0 Å². The van der Waals surface area contributed by atoms with Crippen molar-refractivity contribution in [2.24, 2.45) is 0 Å². The zero-order valence-corrected chi connectivity index (χ0v) is 12.9. The van der Waals surface area contributed by atoms with Crippen molar-refractivity contribution in [1.82, 2.24) is 10.3 Å². The van der Waals surface area contributed by atoms with Crippen molar-refractivity contribution in [1.29, 1.82) is 0 Å². The zero-order valence-electron chi connectivity index (χ0n) is 12.1. The fourth-order valence-corrected chi connectivity index (χ4v) is 3.24. The SMILES string of the molecule is CNCc1cccc(CS(=O)(=O)Nc2cncc(C)c2)c1. The average molecular weight is 305 g/mol. The predicted molar refractivity (Wildman–Crippen MR) is 84.4 cm³/mol. The van der Waals surface area contributed by atoms with Gasteiger partial charge in [-0.1, -0.05) is 24.3 Å². The van der Waals surface area contributed by atoms with Gasteiger partial charge in [-0.25, -0.2) is 8.42 Å². The molecular formula is C15H19N3O2S. The summed E-state index contributed by atoms with van der Waals surface area (Å²) < 4.78 is 26.9. The number of anilines is 1. The summed E-state index contributed by atoms with van der Waals surface area (Å²) in [7, 11) is -1.59. The monoisotopic (exact) mass is 305 g/mol. The zero-order chi connectivity index (χ0) is 15.3. The van der Waals surface area contributed by atoms with Crippen LogP contribution in [0.2, 0.25) is 0 Å². The molecule has 0 atom stereocenters. The van der Waals surface area contributed by atoms with Crippen LogP contribution in [0.25, 0.3) is 0 Å². The van der Waals surface area contributed by atoms with Gasteiger partial charge in [0.1, 0.15) is 0 Å². The van der Waals surface area contributed by atoms with Crippen molar-refractivity contribution < 1.29 is 8.42 Å². The first-order valence-corrected chi connectivity index (χ1v) is 8.28. The van der Waals surface area contributed by atoms with Crippen molar-refractivity contribution in [3.05, 3.63) is 59.4 Å². The van der Waals surface area contributed by atoms with Gasteiger partial charge >= 0.3 is 0 Å². The second-order valence-electron chi connectivity index (χ2n) is 4.96. The maximum atomic E-state index is 12.2. The summed E-state index contributed by atoms with van der Waals surface area (Å²) in [5.41, 5.74) is 3.21. The highest BCUT2D eigenvalue weighted by Crippen LogP contribution is 2.14. The van der Waals surface area contributed by atoms with Crippen LogP contribution in [0.3, 0.4) is 0 Å². The number of sulfonamides is 1. The first kappa shape index (κ1) is 15.5. The molecule has 0 aliphatic rings. The highest BCUT2D eigenvalue weighted by atomic mass is 32.2. The van der Waals surface area contributed by atoms with Crippen LogP contribution in [0.4, 0.5) is 5.69 Å². The second kappa shape index (κ2) is 6.69. The molecule has 1 heterocycles. The van der Waals surface area contributed by atoms with Crippen molar-refractivity contribution in [2.45, 2.75) is 19.2 Å². The van der Waals surface area contributed by atoms with Crippen LogP contribution in [0.1, 0.15) is 16.7 Å². The Morgan fingerprint density at radius 1 is 1.14 bits per heavy atom. The molecule has 2 rings (SSSR count). The van der Waals surface area contributed by atoms with Gasteiger partial charge in [-0.05, 0) is 36.7 Å². The summed E-state index contributed by atoms with van der Waals surface area (Å²) in [6.45, 7) is 2.58. The van der Waals surface area contributed by atoms with E-state index in [-0.39, 0.29) is 5.75 Å². The molecule has 2 aromatic rings. The largest absolute Gasteiger partial charge is 0.316 e. The molecule has 0 aliphatic heterocycles. The lowest BCUT2D eigenvalue weighted by Gasteiger charge is -2.09. The van der Waals surface area contributed by atoms with Gasteiger partial charge in [-0.15, -0.1) is 0 Å². The predicted octanol–water partition coefficient (Wildman–Crippen LogP) is 2.05. The third-order valence-electron chi connectivity index (χ3n) is 2.88. The summed E-state index contributed by atoms with van der Waals surface area (Å²) in [5, 5.41) is 3.05. The molecular weight excluding hydrogens is 286 g/mol. The number of benzene rings is 1. The third kappa shape index (κ3) is 4.84.